The first-order valence-corrected chi connectivity index (χ1v) is 3.37. The van der Waals surface area contributed by atoms with Crippen molar-refractivity contribution in [3.05, 3.63) is 0 Å². The third kappa shape index (κ3) is 8.65. The van der Waals surface area contributed by atoms with Gasteiger partial charge in [-0.05, 0) is 0 Å². The fourth-order valence-corrected chi connectivity index (χ4v) is 0.993. The average Bonchev–Trinajstić information content (AvgIpc) is 1.62. The molecule has 0 aromatic carbocycles. The SMILES string of the molecule is CC(CO)C[N+](C)(C)C.[I-]. The van der Waals surface area contributed by atoms with Crippen LogP contribution in [0.3, 0.4) is 0 Å². The van der Waals surface area contributed by atoms with Crippen molar-refractivity contribution in [1.29, 1.82) is 0 Å². The number of aliphatic hydroxyl groups excluding tert-OH is 1. The van der Waals surface area contributed by atoms with E-state index < -0.39 is 0 Å². The first-order chi connectivity index (χ1) is 3.95. The lowest BCUT2D eigenvalue weighted by molar-refractivity contribution is -0.873. The van der Waals surface area contributed by atoms with Crippen LogP contribution in [0.5, 0.6) is 0 Å². The summed E-state index contributed by atoms with van der Waals surface area (Å²) >= 11 is 0. The van der Waals surface area contributed by atoms with Crippen LogP contribution in [0.4, 0.5) is 0 Å². The minimum absolute atomic E-state index is 0. The summed E-state index contributed by atoms with van der Waals surface area (Å²) in [6, 6.07) is 0. The van der Waals surface area contributed by atoms with Crippen LogP contribution >= 0.6 is 0 Å². The lowest BCUT2D eigenvalue weighted by Crippen LogP contribution is -3.00. The lowest BCUT2D eigenvalue weighted by atomic mass is 10.2. The molecule has 0 saturated heterocycles. The van der Waals surface area contributed by atoms with E-state index in [0.29, 0.717) is 12.5 Å². The number of rotatable bonds is 3. The number of aliphatic hydroxyl groups is 1. The van der Waals surface area contributed by atoms with E-state index in [1.165, 1.54) is 0 Å². The zero-order chi connectivity index (χ0) is 7.49. The Balaban J connectivity index is 0. The Morgan fingerprint density at radius 1 is 1.30 bits per heavy atom. The minimum atomic E-state index is 0. The predicted molar refractivity (Wildman–Crippen MR) is 39.1 cm³/mol. The maximum absolute atomic E-state index is 8.69. The molecule has 0 aromatic rings. The first kappa shape index (κ1) is 13.3. The van der Waals surface area contributed by atoms with Gasteiger partial charge in [-0.2, -0.15) is 0 Å². The second-order valence-electron chi connectivity index (χ2n) is 3.76. The molecule has 0 amide bonds. The van der Waals surface area contributed by atoms with Crippen LogP contribution in [0.15, 0.2) is 0 Å². The summed E-state index contributed by atoms with van der Waals surface area (Å²) in [4.78, 5) is 0. The zero-order valence-electron chi connectivity index (χ0n) is 7.26. The molecule has 0 aromatic heterocycles. The predicted octanol–water partition coefficient (Wildman–Crippen LogP) is -2.67. The van der Waals surface area contributed by atoms with Crippen molar-refractivity contribution in [1.82, 2.24) is 0 Å². The van der Waals surface area contributed by atoms with Gasteiger partial charge in [-0.1, -0.05) is 6.92 Å². The van der Waals surface area contributed by atoms with Crippen LogP contribution in [-0.2, 0) is 0 Å². The van der Waals surface area contributed by atoms with Crippen LogP contribution < -0.4 is 24.0 Å². The second kappa shape index (κ2) is 5.32. The van der Waals surface area contributed by atoms with Crippen molar-refractivity contribution in [2.75, 3.05) is 34.3 Å². The van der Waals surface area contributed by atoms with Crippen molar-refractivity contribution in [3.8, 4) is 0 Å². The molecule has 0 fully saturated rings. The van der Waals surface area contributed by atoms with E-state index in [1.54, 1.807) is 0 Å². The molecule has 1 N–H and O–H groups in total. The molecule has 0 rings (SSSR count). The zero-order valence-corrected chi connectivity index (χ0v) is 9.42. The van der Waals surface area contributed by atoms with Crippen LogP contribution in [0.1, 0.15) is 6.92 Å². The van der Waals surface area contributed by atoms with Crippen LogP contribution in [-0.4, -0.2) is 43.9 Å². The Labute approximate surface area is 80.8 Å². The van der Waals surface area contributed by atoms with E-state index in [2.05, 4.69) is 28.1 Å². The molecule has 0 bridgehead atoms. The molecule has 0 radical (unpaired) electrons. The van der Waals surface area contributed by atoms with Gasteiger partial charge >= 0.3 is 0 Å². The molecule has 64 valence electrons. The number of quaternary nitrogens is 1. The Morgan fingerprint density at radius 3 is 1.80 bits per heavy atom. The molecule has 0 aliphatic carbocycles. The van der Waals surface area contributed by atoms with E-state index in [0.717, 1.165) is 11.0 Å². The normalized spacial score (nSPS) is 14.1. The number of hydrogen-bond donors (Lipinski definition) is 1. The molecule has 10 heavy (non-hydrogen) atoms. The molecule has 0 aliphatic rings. The quantitative estimate of drug-likeness (QED) is 0.433. The molecule has 2 nitrogen and oxygen atoms in total. The summed E-state index contributed by atoms with van der Waals surface area (Å²) in [6.45, 7) is 3.40. The first-order valence-electron chi connectivity index (χ1n) is 3.37. The van der Waals surface area contributed by atoms with Gasteiger partial charge in [-0.15, -0.1) is 0 Å². The molecular formula is C7H18INO. The molecule has 0 heterocycles. The van der Waals surface area contributed by atoms with Crippen molar-refractivity contribution >= 4 is 0 Å². The molecule has 3 heteroatoms. The third-order valence-electron chi connectivity index (χ3n) is 1.17. The summed E-state index contributed by atoms with van der Waals surface area (Å²) in [6.07, 6.45) is 0. The molecule has 0 saturated carbocycles. The van der Waals surface area contributed by atoms with E-state index in [1.807, 2.05) is 0 Å². The van der Waals surface area contributed by atoms with Gasteiger partial charge in [0.25, 0.3) is 0 Å². The minimum Gasteiger partial charge on any atom is -1.00 e. The van der Waals surface area contributed by atoms with Gasteiger partial charge in [0.1, 0.15) is 0 Å². The summed E-state index contributed by atoms with van der Waals surface area (Å²) in [7, 11) is 6.39. The molecule has 0 spiro atoms. The largest absolute Gasteiger partial charge is 1.00 e. The van der Waals surface area contributed by atoms with Crippen LogP contribution in [0.25, 0.3) is 0 Å². The van der Waals surface area contributed by atoms with Crippen molar-refractivity contribution in [2.45, 2.75) is 6.92 Å². The Kier molecular flexibility index (Phi) is 7.05. The topological polar surface area (TPSA) is 20.2 Å². The van der Waals surface area contributed by atoms with Gasteiger partial charge in [-0.3, -0.25) is 0 Å². The monoisotopic (exact) mass is 259 g/mol. The highest BCUT2D eigenvalue weighted by Gasteiger charge is 2.11. The Hall–Kier alpha value is 0.650. The molecular weight excluding hydrogens is 241 g/mol. The van der Waals surface area contributed by atoms with Gasteiger partial charge in [0.15, 0.2) is 0 Å². The Morgan fingerprint density at radius 2 is 1.70 bits per heavy atom. The van der Waals surface area contributed by atoms with Crippen LogP contribution in [0.2, 0.25) is 0 Å². The van der Waals surface area contributed by atoms with E-state index in [-0.39, 0.29) is 24.0 Å². The fraction of sp³-hybridized carbons (Fsp3) is 1.00. The average molecular weight is 259 g/mol. The maximum Gasteiger partial charge on any atom is 0.0828 e. The summed E-state index contributed by atoms with van der Waals surface area (Å²) in [5, 5.41) is 8.69. The van der Waals surface area contributed by atoms with Gasteiger partial charge < -0.3 is 33.6 Å². The van der Waals surface area contributed by atoms with E-state index >= 15 is 0 Å². The highest BCUT2D eigenvalue weighted by atomic mass is 127. The summed E-state index contributed by atoms with van der Waals surface area (Å²) < 4.78 is 0.932. The highest BCUT2D eigenvalue weighted by Crippen LogP contribution is 1.99. The van der Waals surface area contributed by atoms with Gasteiger partial charge in [0, 0.05) is 5.92 Å². The van der Waals surface area contributed by atoms with Gasteiger partial charge in [0.2, 0.25) is 0 Å². The fourth-order valence-electron chi connectivity index (χ4n) is 0.993. The number of nitrogens with zero attached hydrogens (tertiary/aromatic N) is 1. The summed E-state index contributed by atoms with van der Waals surface area (Å²) in [5.74, 6) is 0.421. The van der Waals surface area contributed by atoms with Gasteiger partial charge in [-0.25, -0.2) is 0 Å². The molecule has 1 unspecified atom stereocenters. The number of hydrogen-bond acceptors (Lipinski definition) is 1. The lowest BCUT2D eigenvalue weighted by Gasteiger charge is -2.26. The third-order valence-corrected chi connectivity index (χ3v) is 1.17. The highest BCUT2D eigenvalue weighted by molar-refractivity contribution is 4.45. The smallest absolute Gasteiger partial charge is 0.0828 e. The van der Waals surface area contributed by atoms with E-state index in [4.69, 9.17) is 5.11 Å². The summed E-state index contributed by atoms with van der Waals surface area (Å²) in [5.41, 5.74) is 0. The second-order valence-corrected chi connectivity index (χ2v) is 3.76. The molecule has 0 aliphatic heterocycles. The number of halogens is 1. The van der Waals surface area contributed by atoms with Gasteiger partial charge in [0.05, 0.1) is 34.3 Å². The van der Waals surface area contributed by atoms with E-state index in [9.17, 15) is 0 Å². The van der Waals surface area contributed by atoms with Crippen molar-refractivity contribution in [3.63, 3.8) is 0 Å². The maximum atomic E-state index is 8.69. The molecule has 1 atom stereocenters. The standard InChI is InChI=1S/C7H18NO.HI/c1-7(6-9)5-8(2,3)4;/h7,9H,5-6H2,1-4H3;1H/q+1;/p-1. The van der Waals surface area contributed by atoms with Crippen molar-refractivity contribution in [2.24, 2.45) is 5.92 Å². The van der Waals surface area contributed by atoms with Crippen LogP contribution in [0, 0.1) is 5.92 Å². The Bertz CT molecular complexity index is 80.2. The van der Waals surface area contributed by atoms with Crippen molar-refractivity contribution < 1.29 is 33.6 Å².